The van der Waals surface area contributed by atoms with E-state index in [4.69, 9.17) is 17.0 Å². The number of rotatable bonds is 7. The molecule has 0 aliphatic carbocycles. The lowest BCUT2D eigenvalue weighted by Crippen LogP contribution is -2.42. The molecule has 2 saturated heterocycles. The maximum absolute atomic E-state index is 11.4. The van der Waals surface area contributed by atoms with Gasteiger partial charge in [0.2, 0.25) is 0 Å². The zero-order chi connectivity index (χ0) is 23.5. The quantitative estimate of drug-likeness (QED) is 0.315. The summed E-state index contributed by atoms with van der Waals surface area (Å²) in [6.45, 7) is 4.93. The number of ether oxygens (including phenoxy) is 1. The van der Waals surface area contributed by atoms with E-state index in [0.29, 0.717) is 5.11 Å². The van der Waals surface area contributed by atoms with Crippen LogP contribution in [0.15, 0.2) is 67.0 Å². The van der Waals surface area contributed by atoms with E-state index in [1.54, 1.807) is 18.3 Å². The van der Waals surface area contributed by atoms with Crippen LogP contribution >= 0.6 is 12.2 Å². The van der Waals surface area contributed by atoms with Crippen molar-refractivity contribution in [3.8, 4) is 5.69 Å². The van der Waals surface area contributed by atoms with Gasteiger partial charge in [-0.1, -0.05) is 12.1 Å². The van der Waals surface area contributed by atoms with Gasteiger partial charge >= 0.3 is 0 Å². The number of pyridine rings is 1. The van der Waals surface area contributed by atoms with Crippen molar-refractivity contribution in [1.29, 1.82) is 0 Å². The number of non-ortho nitro benzene ring substituents is 1. The lowest BCUT2D eigenvalue weighted by molar-refractivity contribution is -0.384. The van der Waals surface area contributed by atoms with Gasteiger partial charge in [0.1, 0.15) is 0 Å². The minimum absolute atomic E-state index is 0.0580. The van der Waals surface area contributed by atoms with Crippen molar-refractivity contribution in [2.45, 2.75) is 12.1 Å². The third-order valence-corrected chi connectivity index (χ3v) is 6.71. The first-order valence-electron chi connectivity index (χ1n) is 11.3. The molecule has 0 unspecified atom stereocenters. The number of benzene rings is 1. The van der Waals surface area contributed by atoms with Crippen LogP contribution in [0.4, 0.5) is 5.69 Å². The first-order chi connectivity index (χ1) is 16.6. The summed E-state index contributed by atoms with van der Waals surface area (Å²) in [5.74, 6) is 0. The van der Waals surface area contributed by atoms with Crippen molar-refractivity contribution in [2.75, 3.05) is 39.4 Å². The minimum Gasteiger partial charge on any atom is -0.379 e. The number of nitrogens with zero attached hydrogens (tertiary/aromatic N) is 5. The van der Waals surface area contributed by atoms with E-state index in [9.17, 15) is 10.1 Å². The molecule has 9 nitrogen and oxygen atoms in total. The Balaban J connectivity index is 1.51. The second-order valence-electron chi connectivity index (χ2n) is 8.35. The number of nitro benzene ring substituents is 1. The standard InChI is InChI=1S/C24H26N6O3S/c31-30(32)19-6-3-5-18(17-19)28-10-4-8-21(28)23-22(20-7-1-2-9-25-20)26-24(34)29(23)12-11-27-13-15-33-16-14-27/h1-10,17,22-23H,11-16H2,(H,26,34)/t22-,23+/m0/s1. The topological polar surface area (TPSA) is 88.7 Å². The Morgan fingerprint density at radius 1 is 1.12 bits per heavy atom. The molecule has 0 amide bonds. The Morgan fingerprint density at radius 2 is 1.97 bits per heavy atom. The van der Waals surface area contributed by atoms with Crippen LogP contribution in [0, 0.1) is 10.1 Å². The van der Waals surface area contributed by atoms with Crippen molar-refractivity contribution in [2.24, 2.45) is 0 Å². The monoisotopic (exact) mass is 478 g/mol. The van der Waals surface area contributed by atoms with Crippen molar-refractivity contribution in [3.63, 3.8) is 0 Å². The molecule has 2 atom stereocenters. The number of thiocarbonyl (C=S) groups is 1. The highest BCUT2D eigenvalue weighted by molar-refractivity contribution is 7.80. The fourth-order valence-corrected chi connectivity index (χ4v) is 5.00. The lowest BCUT2D eigenvalue weighted by atomic mass is 10.0. The number of aromatic nitrogens is 2. The Bertz CT molecular complexity index is 1160. The molecule has 0 bridgehead atoms. The lowest BCUT2D eigenvalue weighted by Gasteiger charge is -2.32. The fourth-order valence-electron chi connectivity index (χ4n) is 4.67. The van der Waals surface area contributed by atoms with Gasteiger partial charge in [0.25, 0.3) is 5.69 Å². The SMILES string of the molecule is O=[N+]([O-])c1cccc(-n2cccc2[C@@H]2[C@H](c3ccccn3)NC(=S)N2CCN2CCOCC2)c1. The Kier molecular flexibility index (Phi) is 6.52. The third kappa shape index (κ3) is 4.52. The summed E-state index contributed by atoms with van der Waals surface area (Å²) < 4.78 is 7.49. The van der Waals surface area contributed by atoms with Gasteiger partial charge in [0.15, 0.2) is 5.11 Å². The summed E-state index contributed by atoms with van der Waals surface area (Å²) in [4.78, 5) is 20.2. The molecular weight excluding hydrogens is 452 g/mol. The molecule has 2 aliphatic rings. The van der Waals surface area contributed by atoms with E-state index in [2.05, 4.69) is 26.2 Å². The van der Waals surface area contributed by atoms with Gasteiger partial charge in [-0.3, -0.25) is 20.0 Å². The van der Waals surface area contributed by atoms with Gasteiger partial charge in [-0.25, -0.2) is 0 Å². The van der Waals surface area contributed by atoms with Crippen LogP contribution in [-0.2, 0) is 4.74 Å². The zero-order valence-corrected chi connectivity index (χ0v) is 19.4. The number of nitrogens with one attached hydrogen (secondary N) is 1. The first kappa shape index (κ1) is 22.5. The average Bonchev–Trinajstić information content (AvgIpc) is 3.48. The molecule has 2 fully saturated rings. The van der Waals surface area contributed by atoms with E-state index in [1.165, 1.54) is 6.07 Å². The van der Waals surface area contributed by atoms with Crippen molar-refractivity contribution < 1.29 is 9.66 Å². The molecule has 34 heavy (non-hydrogen) atoms. The molecule has 0 spiro atoms. The highest BCUT2D eigenvalue weighted by Crippen LogP contribution is 2.39. The van der Waals surface area contributed by atoms with E-state index in [1.807, 2.05) is 41.1 Å². The van der Waals surface area contributed by atoms with E-state index in [0.717, 1.165) is 56.5 Å². The Morgan fingerprint density at radius 3 is 2.74 bits per heavy atom. The summed E-state index contributed by atoms with van der Waals surface area (Å²) in [5, 5.41) is 15.5. The molecule has 3 aromatic rings. The molecule has 176 valence electrons. The molecule has 0 saturated carbocycles. The van der Waals surface area contributed by atoms with Crippen LogP contribution in [0.1, 0.15) is 23.5 Å². The largest absolute Gasteiger partial charge is 0.379 e. The highest BCUT2D eigenvalue weighted by Gasteiger charge is 2.41. The maximum Gasteiger partial charge on any atom is 0.271 e. The van der Waals surface area contributed by atoms with Crippen molar-refractivity contribution in [1.82, 2.24) is 24.7 Å². The molecular formula is C24H26N6O3S. The maximum atomic E-state index is 11.4. The molecule has 4 heterocycles. The van der Waals surface area contributed by atoms with Crippen LogP contribution in [0.25, 0.3) is 5.69 Å². The number of nitro groups is 1. The molecule has 2 aliphatic heterocycles. The van der Waals surface area contributed by atoms with Gasteiger partial charge < -0.3 is 19.5 Å². The molecule has 5 rings (SSSR count). The second kappa shape index (κ2) is 9.88. The molecule has 1 N–H and O–H groups in total. The number of hydrogen-bond donors (Lipinski definition) is 1. The second-order valence-corrected chi connectivity index (χ2v) is 8.74. The van der Waals surface area contributed by atoms with Crippen LogP contribution in [0.3, 0.4) is 0 Å². The number of hydrogen-bond acceptors (Lipinski definition) is 6. The molecule has 1 aromatic carbocycles. The Hall–Kier alpha value is -3.34. The van der Waals surface area contributed by atoms with Gasteiger partial charge in [0.05, 0.1) is 41.6 Å². The predicted octanol–water partition coefficient (Wildman–Crippen LogP) is 3.09. The van der Waals surface area contributed by atoms with E-state index in [-0.39, 0.29) is 22.7 Å². The van der Waals surface area contributed by atoms with Gasteiger partial charge in [-0.15, -0.1) is 0 Å². The van der Waals surface area contributed by atoms with Crippen molar-refractivity contribution in [3.05, 3.63) is 88.5 Å². The molecule has 0 radical (unpaired) electrons. The van der Waals surface area contributed by atoms with Crippen LogP contribution in [-0.4, -0.2) is 68.8 Å². The van der Waals surface area contributed by atoms with E-state index >= 15 is 0 Å². The van der Waals surface area contributed by atoms with Gasteiger partial charge in [-0.2, -0.15) is 0 Å². The van der Waals surface area contributed by atoms with E-state index < -0.39 is 0 Å². The van der Waals surface area contributed by atoms with Crippen LogP contribution in [0.5, 0.6) is 0 Å². The van der Waals surface area contributed by atoms with Crippen LogP contribution in [0.2, 0.25) is 0 Å². The summed E-state index contributed by atoms with van der Waals surface area (Å²) >= 11 is 5.80. The number of morpholine rings is 1. The summed E-state index contributed by atoms with van der Waals surface area (Å²) in [6, 6.07) is 16.3. The predicted molar refractivity (Wildman–Crippen MR) is 132 cm³/mol. The smallest absolute Gasteiger partial charge is 0.271 e. The van der Waals surface area contributed by atoms with Gasteiger partial charge in [-0.05, 0) is 42.5 Å². The first-order valence-corrected chi connectivity index (χ1v) is 11.7. The summed E-state index contributed by atoms with van der Waals surface area (Å²) in [6.07, 6.45) is 3.72. The highest BCUT2D eigenvalue weighted by atomic mass is 32.1. The normalized spacial score (nSPS) is 20.9. The molecule has 2 aromatic heterocycles. The summed E-state index contributed by atoms with van der Waals surface area (Å²) in [7, 11) is 0. The average molecular weight is 479 g/mol. The van der Waals surface area contributed by atoms with Crippen LogP contribution < -0.4 is 5.32 Å². The minimum atomic E-state index is -0.371. The van der Waals surface area contributed by atoms with Gasteiger partial charge in [0, 0.05) is 56.4 Å². The third-order valence-electron chi connectivity index (χ3n) is 6.36. The van der Waals surface area contributed by atoms with Crippen molar-refractivity contribution >= 4 is 23.0 Å². The summed E-state index contributed by atoms with van der Waals surface area (Å²) in [5.41, 5.74) is 2.68. The molecule has 10 heteroatoms. The zero-order valence-electron chi connectivity index (χ0n) is 18.6. The fraction of sp³-hybridized carbons (Fsp3) is 0.333. The Labute approximate surface area is 203 Å².